The van der Waals surface area contributed by atoms with Crippen molar-refractivity contribution < 1.29 is 9.59 Å². The first kappa shape index (κ1) is 19.3. The van der Waals surface area contributed by atoms with E-state index in [1.807, 2.05) is 30.0 Å². The second-order valence-corrected chi connectivity index (χ2v) is 8.11. The molecule has 152 valence electrons. The maximum atomic E-state index is 13.0. The number of urea groups is 2. The molecule has 4 rings (SSSR count). The summed E-state index contributed by atoms with van der Waals surface area (Å²) in [5.74, 6) is 0.358. The van der Waals surface area contributed by atoms with Crippen molar-refractivity contribution in [3.05, 3.63) is 59.2 Å². The Bertz CT molecular complexity index is 925. The van der Waals surface area contributed by atoms with Crippen molar-refractivity contribution in [2.75, 3.05) is 29.9 Å². The van der Waals surface area contributed by atoms with Crippen LogP contribution < -0.4 is 15.5 Å². The van der Waals surface area contributed by atoms with Gasteiger partial charge >= 0.3 is 12.1 Å². The van der Waals surface area contributed by atoms with E-state index in [0.717, 1.165) is 23.4 Å². The highest BCUT2D eigenvalue weighted by molar-refractivity contribution is 5.97. The molecular weight excluding hydrogens is 364 g/mol. The Morgan fingerprint density at radius 3 is 2.59 bits per heavy atom. The number of benzene rings is 2. The van der Waals surface area contributed by atoms with E-state index in [2.05, 4.69) is 48.7 Å². The number of carbonyl (C=O) groups excluding carboxylic acids is 2. The Hall–Kier alpha value is -3.02. The Balaban J connectivity index is 1.48. The highest BCUT2D eigenvalue weighted by atomic mass is 16.2. The number of aryl methyl sites for hydroxylation is 1. The van der Waals surface area contributed by atoms with Crippen molar-refractivity contribution in [1.82, 2.24) is 10.2 Å². The van der Waals surface area contributed by atoms with E-state index in [1.165, 1.54) is 11.1 Å². The zero-order chi connectivity index (χ0) is 20.5. The third-order valence-corrected chi connectivity index (χ3v) is 6.08. The standard InChI is InChI=1S/C23H28N4O2/c1-15-7-9-18(10-8-15)19-13-16(2)27(14-19)23(29)25-20-5-4-6-21(17(20)3)26-12-11-24-22(26)28/h4-10,16,19H,11-14H2,1-3H3,(H,24,28)(H,25,29). The van der Waals surface area contributed by atoms with Gasteiger partial charge in [-0.05, 0) is 50.5 Å². The molecule has 4 amide bonds. The van der Waals surface area contributed by atoms with E-state index in [4.69, 9.17) is 0 Å². The van der Waals surface area contributed by atoms with Gasteiger partial charge in [-0.2, -0.15) is 0 Å². The smallest absolute Gasteiger partial charge is 0.322 e. The maximum Gasteiger partial charge on any atom is 0.322 e. The summed E-state index contributed by atoms with van der Waals surface area (Å²) in [4.78, 5) is 28.7. The second-order valence-electron chi connectivity index (χ2n) is 8.11. The number of amides is 4. The number of hydrogen-bond acceptors (Lipinski definition) is 2. The van der Waals surface area contributed by atoms with Gasteiger partial charge in [0.2, 0.25) is 0 Å². The van der Waals surface area contributed by atoms with Gasteiger partial charge in [0, 0.05) is 37.3 Å². The summed E-state index contributed by atoms with van der Waals surface area (Å²) in [6.07, 6.45) is 0.962. The molecule has 2 atom stereocenters. The Morgan fingerprint density at radius 1 is 1.14 bits per heavy atom. The van der Waals surface area contributed by atoms with Crippen molar-refractivity contribution in [3.63, 3.8) is 0 Å². The van der Waals surface area contributed by atoms with Gasteiger partial charge in [0.15, 0.2) is 0 Å². The first-order valence-corrected chi connectivity index (χ1v) is 10.2. The van der Waals surface area contributed by atoms with Gasteiger partial charge in [0.25, 0.3) is 0 Å². The number of rotatable bonds is 3. The fraction of sp³-hybridized carbons (Fsp3) is 0.391. The molecule has 6 heteroatoms. The van der Waals surface area contributed by atoms with Crippen LogP contribution >= 0.6 is 0 Å². The maximum absolute atomic E-state index is 13.0. The van der Waals surface area contributed by atoms with E-state index in [0.29, 0.717) is 25.6 Å². The van der Waals surface area contributed by atoms with Gasteiger partial charge in [-0.3, -0.25) is 4.90 Å². The van der Waals surface area contributed by atoms with Crippen LogP contribution in [-0.4, -0.2) is 42.6 Å². The van der Waals surface area contributed by atoms with Crippen molar-refractivity contribution in [2.24, 2.45) is 0 Å². The summed E-state index contributed by atoms with van der Waals surface area (Å²) in [5, 5.41) is 5.89. The molecule has 2 aromatic carbocycles. The Kier molecular flexibility index (Phi) is 5.18. The highest BCUT2D eigenvalue weighted by Gasteiger charge is 2.33. The molecule has 2 fully saturated rings. The number of carbonyl (C=O) groups is 2. The van der Waals surface area contributed by atoms with Crippen molar-refractivity contribution >= 4 is 23.4 Å². The molecule has 6 nitrogen and oxygen atoms in total. The van der Waals surface area contributed by atoms with Gasteiger partial charge < -0.3 is 15.5 Å². The predicted molar refractivity (Wildman–Crippen MR) is 116 cm³/mol. The van der Waals surface area contributed by atoms with Crippen molar-refractivity contribution in [1.29, 1.82) is 0 Å². The SMILES string of the molecule is Cc1ccc(C2CC(C)N(C(=O)Nc3cccc(N4CCNC4=O)c3C)C2)cc1. The van der Waals surface area contributed by atoms with Gasteiger partial charge in [-0.25, -0.2) is 9.59 Å². The van der Waals surface area contributed by atoms with Crippen molar-refractivity contribution in [3.8, 4) is 0 Å². The van der Waals surface area contributed by atoms with Crippen LogP contribution in [0.25, 0.3) is 0 Å². The molecule has 2 saturated heterocycles. The number of likely N-dealkylation sites (tertiary alicyclic amines) is 1. The van der Waals surface area contributed by atoms with Crippen LogP contribution in [-0.2, 0) is 0 Å². The van der Waals surface area contributed by atoms with Gasteiger partial charge in [0.1, 0.15) is 0 Å². The summed E-state index contributed by atoms with van der Waals surface area (Å²) in [6.45, 7) is 8.12. The van der Waals surface area contributed by atoms with E-state index < -0.39 is 0 Å². The molecule has 2 aromatic rings. The van der Waals surface area contributed by atoms with E-state index in [1.54, 1.807) is 4.90 Å². The first-order valence-electron chi connectivity index (χ1n) is 10.2. The summed E-state index contributed by atoms with van der Waals surface area (Å²) < 4.78 is 0. The van der Waals surface area contributed by atoms with Crippen LogP contribution in [0.5, 0.6) is 0 Å². The monoisotopic (exact) mass is 392 g/mol. The average Bonchev–Trinajstić information content (AvgIpc) is 3.30. The fourth-order valence-corrected chi connectivity index (χ4v) is 4.33. The molecule has 0 radical (unpaired) electrons. The lowest BCUT2D eigenvalue weighted by Crippen LogP contribution is -2.37. The number of nitrogens with zero attached hydrogens (tertiary/aromatic N) is 2. The average molecular weight is 393 g/mol. The number of anilines is 2. The molecule has 2 aliphatic rings. The first-order chi connectivity index (χ1) is 13.9. The van der Waals surface area contributed by atoms with Gasteiger partial charge in [0.05, 0.1) is 5.69 Å². The lowest BCUT2D eigenvalue weighted by atomic mass is 9.96. The molecule has 2 unspecified atom stereocenters. The predicted octanol–water partition coefficient (Wildman–Crippen LogP) is 4.24. The topological polar surface area (TPSA) is 64.7 Å². The molecule has 0 bridgehead atoms. The van der Waals surface area contributed by atoms with Gasteiger partial charge in [-0.1, -0.05) is 35.9 Å². The highest BCUT2D eigenvalue weighted by Crippen LogP contribution is 2.33. The van der Waals surface area contributed by atoms with E-state index in [-0.39, 0.29) is 18.1 Å². The Labute approximate surface area is 171 Å². The zero-order valence-electron chi connectivity index (χ0n) is 17.2. The van der Waals surface area contributed by atoms with Crippen LogP contribution in [0.1, 0.15) is 36.0 Å². The van der Waals surface area contributed by atoms with Crippen LogP contribution in [0.3, 0.4) is 0 Å². The second kappa shape index (κ2) is 7.78. The third-order valence-electron chi connectivity index (χ3n) is 6.08. The zero-order valence-corrected chi connectivity index (χ0v) is 17.2. The normalized spacial score (nSPS) is 21.4. The third kappa shape index (κ3) is 3.79. The Morgan fingerprint density at radius 2 is 1.90 bits per heavy atom. The lowest BCUT2D eigenvalue weighted by Gasteiger charge is -2.24. The quantitative estimate of drug-likeness (QED) is 0.820. The molecule has 2 aliphatic heterocycles. The fourth-order valence-electron chi connectivity index (χ4n) is 4.33. The summed E-state index contributed by atoms with van der Waals surface area (Å²) >= 11 is 0. The molecular formula is C23H28N4O2. The van der Waals surface area contributed by atoms with E-state index in [9.17, 15) is 9.59 Å². The molecule has 2 N–H and O–H groups in total. The molecule has 29 heavy (non-hydrogen) atoms. The van der Waals surface area contributed by atoms with Crippen LogP contribution in [0, 0.1) is 13.8 Å². The molecule has 0 aromatic heterocycles. The molecule has 0 aliphatic carbocycles. The minimum Gasteiger partial charge on any atom is -0.336 e. The van der Waals surface area contributed by atoms with Crippen LogP contribution in [0.2, 0.25) is 0 Å². The van der Waals surface area contributed by atoms with Crippen molar-refractivity contribution in [2.45, 2.75) is 39.2 Å². The number of hydrogen-bond donors (Lipinski definition) is 2. The van der Waals surface area contributed by atoms with Crippen LogP contribution in [0.15, 0.2) is 42.5 Å². The van der Waals surface area contributed by atoms with Gasteiger partial charge in [-0.15, -0.1) is 0 Å². The summed E-state index contributed by atoms with van der Waals surface area (Å²) in [6, 6.07) is 14.3. The molecule has 2 heterocycles. The minimum atomic E-state index is -0.0920. The summed E-state index contributed by atoms with van der Waals surface area (Å²) in [7, 11) is 0. The van der Waals surface area contributed by atoms with E-state index >= 15 is 0 Å². The molecule has 0 saturated carbocycles. The minimum absolute atomic E-state index is 0.0850. The summed E-state index contributed by atoms with van der Waals surface area (Å²) in [5.41, 5.74) is 5.02. The lowest BCUT2D eigenvalue weighted by molar-refractivity contribution is 0.209. The van der Waals surface area contributed by atoms with Crippen LogP contribution in [0.4, 0.5) is 21.0 Å². The molecule has 0 spiro atoms. The number of nitrogens with one attached hydrogen (secondary N) is 2. The largest absolute Gasteiger partial charge is 0.336 e.